The minimum absolute atomic E-state index is 0.0733. The highest BCUT2D eigenvalue weighted by Crippen LogP contribution is 2.38. The third kappa shape index (κ3) is 3.88. The summed E-state index contributed by atoms with van der Waals surface area (Å²) in [4.78, 5) is 0. The molecule has 4 aromatic rings. The summed E-state index contributed by atoms with van der Waals surface area (Å²) in [7, 11) is 0. The molecular weight excluding hydrogens is 408 g/mol. The number of ether oxygens (including phenoxy) is 1. The van der Waals surface area contributed by atoms with E-state index in [-0.39, 0.29) is 5.75 Å². The highest BCUT2D eigenvalue weighted by Gasteiger charge is 2.15. The molecular formula is C21H19F2N5OS. The Balaban J connectivity index is 1.84. The van der Waals surface area contributed by atoms with Crippen molar-refractivity contribution < 1.29 is 13.5 Å². The maximum atomic E-state index is 14.2. The molecule has 0 amide bonds. The van der Waals surface area contributed by atoms with Gasteiger partial charge >= 0.3 is 0 Å². The van der Waals surface area contributed by atoms with Crippen LogP contribution in [0.25, 0.3) is 16.8 Å². The Hall–Kier alpha value is -3.33. The number of hydrogen-bond acceptors (Lipinski definition) is 6. The van der Waals surface area contributed by atoms with E-state index in [1.54, 1.807) is 28.5 Å². The Labute approximate surface area is 176 Å². The Morgan fingerprint density at radius 1 is 1.10 bits per heavy atom. The molecule has 0 radical (unpaired) electrons. The summed E-state index contributed by atoms with van der Waals surface area (Å²) in [5.41, 5.74) is 9.46. The van der Waals surface area contributed by atoms with E-state index in [2.05, 4.69) is 14.9 Å². The summed E-state index contributed by atoms with van der Waals surface area (Å²) in [6.45, 7) is 3.86. The lowest BCUT2D eigenvalue weighted by atomic mass is 10.0. The second-order valence-corrected chi connectivity index (χ2v) is 7.62. The largest absolute Gasteiger partial charge is 0.454 e. The highest BCUT2D eigenvalue weighted by atomic mass is 32.2. The molecule has 30 heavy (non-hydrogen) atoms. The second-order valence-electron chi connectivity index (χ2n) is 6.55. The topological polar surface area (TPSA) is 77.5 Å². The van der Waals surface area contributed by atoms with Gasteiger partial charge in [-0.15, -0.1) is 10.2 Å². The van der Waals surface area contributed by atoms with Crippen molar-refractivity contribution in [3.63, 3.8) is 0 Å². The number of anilines is 2. The van der Waals surface area contributed by atoms with Crippen LogP contribution in [0.15, 0.2) is 48.7 Å². The van der Waals surface area contributed by atoms with E-state index >= 15 is 0 Å². The third-order valence-electron chi connectivity index (χ3n) is 4.44. The molecule has 0 fully saturated rings. The van der Waals surface area contributed by atoms with Crippen LogP contribution in [0.4, 0.5) is 20.2 Å². The molecule has 0 bridgehead atoms. The van der Waals surface area contributed by atoms with Gasteiger partial charge in [-0.1, -0.05) is 18.9 Å². The first-order chi connectivity index (χ1) is 14.5. The van der Waals surface area contributed by atoms with Gasteiger partial charge in [0.2, 0.25) is 0 Å². The van der Waals surface area contributed by atoms with E-state index in [0.29, 0.717) is 28.5 Å². The van der Waals surface area contributed by atoms with Gasteiger partial charge in [0.05, 0.1) is 5.69 Å². The molecule has 0 aliphatic heterocycles. The molecule has 6 nitrogen and oxygen atoms in total. The summed E-state index contributed by atoms with van der Waals surface area (Å²) in [6, 6.07) is 10.4. The van der Waals surface area contributed by atoms with E-state index in [4.69, 9.17) is 10.5 Å². The molecule has 2 aromatic heterocycles. The van der Waals surface area contributed by atoms with Crippen LogP contribution >= 0.6 is 11.9 Å². The number of aryl methyl sites for hydroxylation is 1. The predicted molar refractivity (Wildman–Crippen MR) is 116 cm³/mol. The number of halogens is 2. The van der Waals surface area contributed by atoms with Crippen LogP contribution in [0.3, 0.4) is 0 Å². The monoisotopic (exact) mass is 427 g/mol. The number of hydrogen-bond donors (Lipinski definition) is 2. The molecule has 154 valence electrons. The SMILES string of the molecule is CCSNc1ccc(Oc2ccc(F)cc2F)c(-c2cc(N)c3nnc(C)n3c2)c1. The van der Waals surface area contributed by atoms with Crippen molar-refractivity contribution in [2.24, 2.45) is 0 Å². The molecule has 4 rings (SSSR count). The zero-order valence-corrected chi connectivity index (χ0v) is 17.1. The molecule has 0 saturated heterocycles. The average Bonchev–Trinajstić information content (AvgIpc) is 3.10. The number of nitrogens with zero attached hydrogens (tertiary/aromatic N) is 3. The fraction of sp³-hybridized carbons (Fsp3) is 0.143. The molecule has 0 unspecified atom stereocenters. The minimum Gasteiger partial charge on any atom is -0.454 e. The Morgan fingerprint density at radius 3 is 2.67 bits per heavy atom. The lowest BCUT2D eigenvalue weighted by molar-refractivity contribution is 0.439. The first-order valence-electron chi connectivity index (χ1n) is 9.22. The number of nitrogen functional groups attached to an aromatic ring is 1. The van der Waals surface area contributed by atoms with E-state index in [1.165, 1.54) is 6.07 Å². The minimum atomic E-state index is -0.783. The standard InChI is InChI=1S/C21H19F2N5OS/c1-3-30-27-15-5-7-19(29-20-6-4-14(22)9-17(20)23)16(10-15)13-8-18(24)21-26-25-12(2)28(21)11-13/h4-11,27H,3,24H2,1-2H3. The lowest BCUT2D eigenvalue weighted by Gasteiger charge is -2.15. The zero-order valence-electron chi connectivity index (χ0n) is 16.3. The van der Waals surface area contributed by atoms with Gasteiger partial charge in [-0.25, -0.2) is 8.78 Å². The lowest BCUT2D eigenvalue weighted by Crippen LogP contribution is -1.98. The molecule has 9 heteroatoms. The first-order valence-corrected chi connectivity index (χ1v) is 10.2. The van der Waals surface area contributed by atoms with Gasteiger partial charge in [0.25, 0.3) is 0 Å². The molecule has 0 aliphatic rings. The van der Waals surface area contributed by atoms with Crippen LogP contribution in [-0.2, 0) is 0 Å². The average molecular weight is 427 g/mol. The summed E-state index contributed by atoms with van der Waals surface area (Å²) < 4.78 is 38.3. The molecule has 2 heterocycles. The van der Waals surface area contributed by atoms with Crippen molar-refractivity contribution >= 4 is 29.0 Å². The van der Waals surface area contributed by atoms with Gasteiger partial charge in [-0.2, -0.15) is 0 Å². The Kier molecular flexibility index (Phi) is 5.45. The Morgan fingerprint density at radius 2 is 1.90 bits per heavy atom. The van der Waals surface area contributed by atoms with E-state index < -0.39 is 11.6 Å². The van der Waals surface area contributed by atoms with Gasteiger partial charge in [-0.05, 0) is 43.3 Å². The van der Waals surface area contributed by atoms with Gasteiger partial charge in [0.15, 0.2) is 17.2 Å². The summed E-state index contributed by atoms with van der Waals surface area (Å²) >= 11 is 1.55. The predicted octanol–water partition coefficient (Wildman–Crippen LogP) is 5.44. The zero-order chi connectivity index (χ0) is 21.3. The number of rotatable bonds is 6. The number of pyridine rings is 1. The molecule has 0 saturated carbocycles. The number of fused-ring (bicyclic) bond motifs is 1. The fourth-order valence-electron chi connectivity index (χ4n) is 3.02. The maximum Gasteiger partial charge on any atom is 0.184 e. The van der Waals surface area contributed by atoms with Crippen molar-refractivity contribution in [1.29, 1.82) is 0 Å². The summed E-state index contributed by atoms with van der Waals surface area (Å²) in [6.07, 6.45) is 1.85. The maximum absolute atomic E-state index is 14.2. The van der Waals surface area contributed by atoms with Gasteiger partial charge in [0.1, 0.15) is 17.4 Å². The van der Waals surface area contributed by atoms with Crippen molar-refractivity contribution in [1.82, 2.24) is 14.6 Å². The molecule has 0 aliphatic carbocycles. The fourth-order valence-corrected chi connectivity index (χ4v) is 3.45. The first kappa shape index (κ1) is 20.0. The normalized spacial score (nSPS) is 11.1. The van der Waals surface area contributed by atoms with Crippen LogP contribution in [0.5, 0.6) is 11.5 Å². The number of nitrogens with two attached hydrogens (primary N) is 1. The van der Waals surface area contributed by atoms with Gasteiger partial charge in [-0.3, -0.25) is 4.40 Å². The Bertz CT molecular complexity index is 1230. The van der Waals surface area contributed by atoms with Gasteiger partial charge < -0.3 is 15.2 Å². The van der Waals surface area contributed by atoms with E-state index in [9.17, 15) is 8.78 Å². The van der Waals surface area contributed by atoms with Gasteiger partial charge in [0, 0.05) is 34.8 Å². The van der Waals surface area contributed by atoms with Crippen LogP contribution in [0.2, 0.25) is 0 Å². The molecule has 0 spiro atoms. The quantitative estimate of drug-likeness (QED) is 0.399. The second kappa shape index (κ2) is 8.19. The van der Waals surface area contributed by atoms with Crippen LogP contribution in [0, 0.1) is 18.6 Å². The summed E-state index contributed by atoms with van der Waals surface area (Å²) in [5.74, 6) is 0.439. The van der Waals surface area contributed by atoms with Crippen molar-refractivity contribution in [3.8, 4) is 22.6 Å². The van der Waals surface area contributed by atoms with Crippen molar-refractivity contribution in [2.45, 2.75) is 13.8 Å². The number of aromatic nitrogens is 3. The van der Waals surface area contributed by atoms with Crippen molar-refractivity contribution in [3.05, 3.63) is 66.1 Å². The number of nitrogens with one attached hydrogen (secondary N) is 1. The van der Waals surface area contributed by atoms with E-state index in [0.717, 1.165) is 29.1 Å². The van der Waals surface area contributed by atoms with Crippen molar-refractivity contribution in [2.75, 3.05) is 16.2 Å². The van der Waals surface area contributed by atoms with Crippen LogP contribution < -0.4 is 15.2 Å². The van der Waals surface area contributed by atoms with Crippen LogP contribution in [0.1, 0.15) is 12.7 Å². The smallest absolute Gasteiger partial charge is 0.184 e. The van der Waals surface area contributed by atoms with E-state index in [1.807, 2.05) is 32.2 Å². The summed E-state index contributed by atoms with van der Waals surface area (Å²) in [5, 5.41) is 8.14. The van der Waals surface area contributed by atoms with Crippen LogP contribution in [-0.4, -0.2) is 20.4 Å². The number of benzene rings is 2. The highest BCUT2D eigenvalue weighted by molar-refractivity contribution is 8.00. The third-order valence-corrected chi connectivity index (χ3v) is 5.11. The molecule has 2 aromatic carbocycles. The molecule has 3 N–H and O–H groups in total. The molecule has 0 atom stereocenters.